The van der Waals surface area contributed by atoms with Crippen molar-refractivity contribution < 1.29 is 27.5 Å². The van der Waals surface area contributed by atoms with Crippen LogP contribution in [0.5, 0.6) is 5.75 Å². The van der Waals surface area contributed by atoms with Crippen molar-refractivity contribution in [2.75, 3.05) is 26.8 Å². The maximum absolute atomic E-state index is 12.7. The van der Waals surface area contributed by atoms with E-state index in [2.05, 4.69) is 0 Å². The number of ether oxygens (including phenoxy) is 2. The fourth-order valence-electron chi connectivity index (χ4n) is 3.32. The number of carbonyl (C=O) groups excluding carboxylic acids is 2. The molecule has 32 heavy (non-hydrogen) atoms. The van der Waals surface area contributed by atoms with E-state index in [1.165, 1.54) is 28.6 Å². The number of fused-ring (bicyclic) bond motifs is 1. The van der Waals surface area contributed by atoms with Crippen molar-refractivity contribution in [1.29, 1.82) is 0 Å². The van der Waals surface area contributed by atoms with E-state index in [1.807, 2.05) is 12.1 Å². The number of hydrogen-bond acceptors (Lipinski definition) is 6. The van der Waals surface area contributed by atoms with Gasteiger partial charge in [-0.1, -0.05) is 38.1 Å². The molecule has 3 rings (SSSR count). The summed E-state index contributed by atoms with van der Waals surface area (Å²) < 4.78 is 37.0. The summed E-state index contributed by atoms with van der Waals surface area (Å²) in [5.41, 5.74) is 0.477. The van der Waals surface area contributed by atoms with Gasteiger partial charge in [0.05, 0.1) is 17.6 Å². The first-order chi connectivity index (χ1) is 15.3. The Morgan fingerprint density at radius 2 is 1.56 bits per heavy atom. The molecular weight excluding hydrogens is 430 g/mol. The van der Waals surface area contributed by atoms with Gasteiger partial charge in [-0.25, -0.2) is 13.2 Å². The molecule has 0 radical (unpaired) electrons. The third-order valence-corrected chi connectivity index (χ3v) is 7.16. The minimum absolute atomic E-state index is 0.00642. The van der Waals surface area contributed by atoms with E-state index >= 15 is 0 Å². The predicted octanol–water partition coefficient (Wildman–Crippen LogP) is 3.92. The normalized spacial score (nSPS) is 11.5. The standard InChI is InChI=1S/C24H25NO6S/c1-4-25(5-2)32(28,29)22-8-6-7-20(15-22)24(27)31-16-23(26)19-10-9-18-14-21(30-3)12-11-17(18)13-19/h6-15H,4-5,16H2,1-3H3. The van der Waals surface area contributed by atoms with Gasteiger partial charge in [-0.2, -0.15) is 4.31 Å². The molecule has 8 heteroatoms. The number of rotatable bonds is 9. The van der Waals surface area contributed by atoms with Gasteiger partial charge in [0, 0.05) is 18.7 Å². The summed E-state index contributed by atoms with van der Waals surface area (Å²) in [7, 11) is -2.12. The van der Waals surface area contributed by atoms with Gasteiger partial charge in [0.15, 0.2) is 12.4 Å². The van der Waals surface area contributed by atoms with Gasteiger partial charge >= 0.3 is 5.97 Å². The van der Waals surface area contributed by atoms with E-state index < -0.39 is 22.6 Å². The molecule has 0 saturated carbocycles. The Bertz CT molecular complexity index is 1250. The molecule has 0 heterocycles. The van der Waals surface area contributed by atoms with Crippen LogP contribution in [0, 0.1) is 0 Å². The summed E-state index contributed by atoms with van der Waals surface area (Å²) in [6.45, 7) is 3.68. The summed E-state index contributed by atoms with van der Waals surface area (Å²) in [5, 5.41) is 1.78. The Kier molecular flexibility index (Phi) is 7.27. The lowest BCUT2D eigenvalue weighted by atomic mass is 10.0. The van der Waals surface area contributed by atoms with Gasteiger partial charge in [0.25, 0.3) is 0 Å². The van der Waals surface area contributed by atoms with Crippen LogP contribution in [-0.2, 0) is 14.8 Å². The average Bonchev–Trinajstić information content (AvgIpc) is 2.82. The molecule has 0 bridgehead atoms. The molecule has 0 aromatic heterocycles. The van der Waals surface area contributed by atoms with Crippen LogP contribution >= 0.6 is 0 Å². The largest absolute Gasteiger partial charge is 0.497 e. The summed E-state index contributed by atoms with van der Waals surface area (Å²) in [4.78, 5) is 25.0. The molecule has 0 N–H and O–H groups in total. The molecule has 7 nitrogen and oxygen atoms in total. The molecule has 3 aromatic rings. The highest BCUT2D eigenvalue weighted by Crippen LogP contribution is 2.22. The first kappa shape index (κ1) is 23.4. The lowest BCUT2D eigenvalue weighted by Gasteiger charge is -2.18. The molecule has 0 amide bonds. The molecule has 0 fully saturated rings. The highest BCUT2D eigenvalue weighted by molar-refractivity contribution is 7.89. The van der Waals surface area contributed by atoms with Crippen molar-refractivity contribution >= 4 is 32.5 Å². The minimum atomic E-state index is -3.71. The van der Waals surface area contributed by atoms with Crippen LogP contribution < -0.4 is 4.74 Å². The smallest absolute Gasteiger partial charge is 0.338 e. The summed E-state index contributed by atoms with van der Waals surface area (Å²) in [6.07, 6.45) is 0. The minimum Gasteiger partial charge on any atom is -0.497 e. The Morgan fingerprint density at radius 1 is 0.875 bits per heavy atom. The lowest BCUT2D eigenvalue weighted by molar-refractivity contribution is 0.0474. The molecule has 0 aliphatic rings. The van der Waals surface area contributed by atoms with E-state index in [9.17, 15) is 18.0 Å². The number of esters is 1. The molecule has 0 atom stereocenters. The first-order valence-electron chi connectivity index (χ1n) is 10.2. The molecule has 3 aromatic carbocycles. The summed E-state index contributed by atoms with van der Waals surface area (Å²) in [6, 6.07) is 16.3. The second-order valence-electron chi connectivity index (χ2n) is 7.04. The Labute approximate surface area is 187 Å². The first-order valence-corrected chi connectivity index (χ1v) is 11.6. The number of ketones is 1. The number of sulfonamides is 1. The van der Waals surface area contributed by atoms with Crippen molar-refractivity contribution in [2.24, 2.45) is 0 Å². The molecule has 0 saturated heterocycles. The van der Waals surface area contributed by atoms with Crippen molar-refractivity contribution in [3.05, 3.63) is 71.8 Å². The van der Waals surface area contributed by atoms with E-state index in [0.717, 1.165) is 16.5 Å². The quantitative estimate of drug-likeness (QED) is 0.359. The van der Waals surface area contributed by atoms with Gasteiger partial charge in [-0.05, 0) is 47.2 Å². The fourth-order valence-corrected chi connectivity index (χ4v) is 4.82. The van der Waals surface area contributed by atoms with Gasteiger partial charge in [0.2, 0.25) is 10.0 Å². The Hall–Kier alpha value is -3.23. The van der Waals surface area contributed by atoms with Gasteiger partial charge < -0.3 is 9.47 Å². The number of Topliss-reactive ketones (excluding diaryl/α,β-unsaturated/α-hetero) is 1. The monoisotopic (exact) mass is 455 g/mol. The van der Waals surface area contributed by atoms with Crippen molar-refractivity contribution in [2.45, 2.75) is 18.7 Å². The molecule has 0 spiro atoms. The highest BCUT2D eigenvalue weighted by atomic mass is 32.2. The Morgan fingerprint density at radius 3 is 2.25 bits per heavy atom. The summed E-state index contributed by atoms with van der Waals surface area (Å²) in [5.74, 6) is -0.404. The highest BCUT2D eigenvalue weighted by Gasteiger charge is 2.23. The van der Waals surface area contributed by atoms with E-state index in [0.29, 0.717) is 18.7 Å². The fraction of sp³-hybridized carbons (Fsp3) is 0.250. The predicted molar refractivity (Wildman–Crippen MR) is 122 cm³/mol. The maximum atomic E-state index is 12.7. The van der Waals surface area contributed by atoms with Crippen LogP contribution in [-0.4, -0.2) is 51.3 Å². The second-order valence-corrected chi connectivity index (χ2v) is 8.98. The van der Waals surface area contributed by atoms with E-state index in [4.69, 9.17) is 9.47 Å². The molecule has 0 aliphatic carbocycles. The second kappa shape index (κ2) is 9.93. The van der Waals surface area contributed by atoms with Crippen molar-refractivity contribution in [3.63, 3.8) is 0 Å². The average molecular weight is 456 g/mol. The summed E-state index contributed by atoms with van der Waals surface area (Å²) >= 11 is 0. The van der Waals surface area contributed by atoms with E-state index in [-0.39, 0.29) is 16.2 Å². The zero-order valence-corrected chi connectivity index (χ0v) is 19.0. The lowest BCUT2D eigenvalue weighted by Crippen LogP contribution is -2.30. The molecule has 0 unspecified atom stereocenters. The van der Waals surface area contributed by atoms with Crippen LogP contribution in [0.2, 0.25) is 0 Å². The van der Waals surface area contributed by atoms with Crippen LogP contribution in [0.1, 0.15) is 34.6 Å². The number of hydrogen-bond donors (Lipinski definition) is 0. The maximum Gasteiger partial charge on any atom is 0.338 e. The molecule has 0 aliphatic heterocycles. The van der Waals surface area contributed by atoms with Gasteiger partial charge in [-0.15, -0.1) is 0 Å². The zero-order valence-electron chi connectivity index (χ0n) is 18.2. The van der Waals surface area contributed by atoms with Gasteiger partial charge in [-0.3, -0.25) is 4.79 Å². The SMILES string of the molecule is CCN(CC)S(=O)(=O)c1cccc(C(=O)OCC(=O)c2ccc3cc(OC)ccc3c2)c1. The third-order valence-electron chi connectivity index (χ3n) is 5.12. The van der Waals surface area contributed by atoms with Crippen LogP contribution in [0.25, 0.3) is 10.8 Å². The van der Waals surface area contributed by atoms with Crippen LogP contribution in [0.4, 0.5) is 0 Å². The van der Waals surface area contributed by atoms with Crippen LogP contribution in [0.3, 0.4) is 0 Å². The topological polar surface area (TPSA) is 90.0 Å². The Balaban J connectivity index is 1.72. The van der Waals surface area contributed by atoms with Crippen molar-refractivity contribution in [1.82, 2.24) is 4.31 Å². The molecule has 168 valence electrons. The number of benzene rings is 3. The number of carbonyl (C=O) groups is 2. The van der Waals surface area contributed by atoms with Crippen LogP contribution in [0.15, 0.2) is 65.6 Å². The third kappa shape index (κ3) is 4.98. The van der Waals surface area contributed by atoms with Gasteiger partial charge in [0.1, 0.15) is 5.75 Å². The zero-order chi connectivity index (χ0) is 23.3. The van der Waals surface area contributed by atoms with E-state index in [1.54, 1.807) is 45.2 Å². The number of methoxy groups -OCH3 is 1. The van der Waals surface area contributed by atoms with Crippen molar-refractivity contribution in [3.8, 4) is 5.75 Å². The number of nitrogens with zero attached hydrogens (tertiary/aromatic N) is 1. The molecular formula is C24H25NO6S.